The molecule has 0 atom stereocenters. The lowest BCUT2D eigenvalue weighted by atomic mass is 10.2. The molecular formula is C18H31N3O2. The Kier molecular flexibility index (Phi) is 6.10. The molecule has 1 aliphatic carbocycles. The highest BCUT2D eigenvalue weighted by Gasteiger charge is 2.34. The van der Waals surface area contributed by atoms with Crippen LogP contribution in [0.4, 0.5) is 4.79 Å². The second kappa shape index (κ2) is 7.86. The van der Waals surface area contributed by atoms with Crippen LogP contribution in [-0.2, 0) is 17.8 Å². The summed E-state index contributed by atoms with van der Waals surface area (Å²) in [6, 6.07) is 4.62. The summed E-state index contributed by atoms with van der Waals surface area (Å²) in [5.74, 6) is 0. The zero-order chi connectivity index (χ0) is 16.9. The number of aryl methyl sites for hydroxylation is 1. The Balaban J connectivity index is 1.69. The molecule has 1 aromatic heterocycles. The highest BCUT2D eigenvalue weighted by molar-refractivity contribution is 5.69. The second-order valence-electron chi connectivity index (χ2n) is 7.22. The SMILES string of the molecule is CCn1cccc1CNCCCN(C(=O)OC(C)(C)C)C1CC1. The molecule has 1 heterocycles. The molecule has 0 saturated heterocycles. The molecule has 0 aromatic carbocycles. The average molecular weight is 321 g/mol. The Morgan fingerprint density at radius 1 is 1.43 bits per heavy atom. The Labute approximate surface area is 140 Å². The number of ether oxygens (including phenoxy) is 1. The summed E-state index contributed by atoms with van der Waals surface area (Å²) in [4.78, 5) is 14.2. The standard InChI is InChI=1S/C18H31N3O2/c1-5-20-12-6-8-16(20)14-19-11-7-13-21(15-9-10-15)17(22)23-18(2,3)4/h6,8,12,15,19H,5,7,9-11,13-14H2,1-4H3. The van der Waals surface area contributed by atoms with Gasteiger partial charge in [0.05, 0.1) is 0 Å². The molecule has 5 nitrogen and oxygen atoms in total. The Hall–Kier alpha value is -1.49. The van der Waals surface area contributed by atoms with Crippen LogP contribution in [0, 0.1) is 0 Å². The van der Waals surface area contributed by atoms with Crippen molar-refractivity contribution < 1.29 is 9.53 Å². The van der Waals surface area contributed by atoms with E-state index >= 15 is 0 Å². The summed E-state index contributed by atoms with van der Waals surface area (Å²) < 4.78 is 7.75. The smallest absolute Gasteiger partial charge is 0.410 e. The minimum Gasteiger partial charge on any atom is -0.444 e. The van der Waals surface area contributed by atoms with Gasteiger partial charge >= 0.3 is 6.09 Å². The van der Waals surface area contributed by atoms with Gasteiger partial charge in [-0.2, -0.15) is 0 Å². The van der Waals surface area contributed by atoms with E-state index in [0.29, 0.717) is 6.04 Å². The number of nitrogens with zero attached hydrogens (tertiary/aromatic N) is 2. The van der Waals surface area contributed by atoms with Gasteiger partial charge in [0, 0.05) is 37.6 Å². The molecule has 2 rings (SSSR count). The molecule has 0 aliphatic heterocycles. The number of rotatable bonds is 8. The van der Waals surface area contributed by atoms with E-state index in [1.54, 1.807) is 0 Å². The van der Waals surface area contributed by atoms with E-state index in [1.165, 1.54) is 5.69 Å². The fraction of sp³-hybridized carbons (Fsp3) is 0.722. The summed E-state index contributed by atoms with van der Waals surface area (Å²) in [5.41, 5.74) is 0.882. The van der Waals surface area contributed by atoms with Crippen molar-refractivity contribution >= 4 is 6.09 Å². The summed E-state index contributed by atoms with van der Waals surface area (Å²) in [7, 11) is 0. The molecule has 23 heavy (non-hydrogen) atoms. The highest BCUT2D eigenvalue weighted by atomic mass is 16.6. The number of aromatic nitrogens is 1. The van der Waals surface area contributed by atoms with Gasteiger partial charge in [-0.3, -0.25) is 0 Å². The van der Waals surface area contributed by atoms with E-state index in [4.69, 9.17) is 4.74 Å². The van der Waals surface area contributed by atoms with Crippen LogP contribution in [0.5, 0.6) is 0 Å². The van der Waals surface area contributed by atoms with Gasteiger partial charge in [-0.05, 0) is 65.6 Å². The molecule has 0 bridgehead atoms. The van der Waals surface area contributed by atoms with Gasteiger partial charge in [0.25, 0.3) is 0 Å². The van der Waals surface area contributed by atoms with Crippen LogP contribution in [0.1, 0.15) is 52.7 Å². The van der Waals surface area contributed by atoms with Crippen molar-refractivity contribution in [2.75, 3.05) is 13.1 Å². The number of hydrogen-bond donors (Lipinski definition) is 1. The van der Waals surface area contributed by atoms with Crippen molar-refractivity contribution in [1.29, 1.82) is 0 Å². The fourth-order valence-corrected chi connectivity index (χ4v) is 2.64. The molecule has 1 aromatic rings. The molecule has 1 N–H and O–H groups in total. The predicted molar refractivity (Wildman–Crippen MR) is 92.4 cm³/mol. The van der Waals surface area contributed by atoms with Crippen molar-refractivity contribution in [3.8, 4) is 0 Å². The third-order valence-electron chi connectivity index (χ3n) is 3.94. The largest absolute Gasteiger partial charge is 0.444 e. The lowest BCUT2D eigenvalue weighted by Gasteiger charge is -2.27. The normalized spacial score (nSPS) is 14.8. The average Bonchev–Trinajstić information content (AvgIpc) is 3.19. The van der Waals surface area contributed by atoms with Crippen LogP contribution >= 0.6 is 0 Å². The van der Waals surface area contributed by atoms with Crippen LogP contribution in [0.15, 0.2) is 18.3 Å². The van der Waals surface area contributed by atoms with E-state index in [-0.39, 0.29) is 6.09 Å². The maximum atomic E-state index is 12.3. The molecule has 0 radical (unpaired) electrons. The number of carbonyl (C=O) groups is 1. The highest BCUT2D eigenvalue weighted by Crippen LogP contribution is 2.28. The van der Waals surface area contributed by atoms with E-state index < -0.39 is 5.60 Å². The molecule has 1 aliphatic rings. The van der Waals surface area contributed by atoms with Crippen LogP contribution < -0.4 is 5.32 Å². The number of hydrogen-bond acceptors (Lipinski definition) is 3. The molecule has 5 heteroatoms. The van der Waals surface area contributed by atoms with Crippen LogP contribution in [0.2, 0.25) is 0 Å². The molecule has 0 unspecified atom stereocenters. The van der Waals surface area contributed by atoms with Crippen molar-refractivity contribution in [3.05, 3.63) is 24.0 Å². The van der Waals surface area contributed by atoms with Gasteiger partial charge in [-0.1, -0.05) is 0 Å². The summed E-state index contributed by atoms with van der Waals surface area (Å²) in [5, 5.41) is 3.46. The zero-order valence-electron chi connectivity index (χ0n) is 15.0. The fourth-order valence-electron chi connectivity index (χ4n) is 2.64. The van der Waals surface area contributed by atoms with Gasteiger partial charge in [-0.15, -0.1) is 0 Å². The minimum absolute atomic E-state index is 0.167. The van der Waals surface area contributed by atoms with Crippen molar-refractivity contribution in [3.63, 3.8) is 0 Å². The van der Waals surface area contributed by atoms with Gasteiger partial charge in [-0.25, -0.2) is 4.79 Å². The van der Waals surface area contributed by atoms with Gasteiger partial charge in [0.2, 0.25) is 0 Å². The van der Waals surface area contributed by atoms with Crippen molar-refractivity contribution in [1.82, 2.24) is 14.8 Å². The monoisotopic (exact) mass is 321 g/mol. The Bertz CT molecular complexity index is 501. The van der Waals surface area contributed by atoms with E-state index in [2.05, 4.69) is 35.1 Å². The van der Waals surface area contributed by atoms with Gasteiger partial charge < -0.3 is 19.5 Å². The van der Waals surface area contributed by atoms with E-state index in [9.17, 15) is 4.79 Å². The van der Waals surface area contributed by atoms with Crippen molar-refractivity contribution in [2.45, 2.75) is 71.7 Å². The lowest BCUT2D eigenvalue weighted by Crippen LogP contribution is -2.39. The number of nitrogens with one attached hydrogen (secondary N) is 1. The first-order valence-electron chi connectivity index (χ1n) is 8.75. The topological polar surface area (TPSA) is 46.5 Å². The Morgan fingerprint density at radius 2 is 2.17 bits per heavy atom. The first kappa shape index (κ1) is 17.9. The van der Waals surface area contributed by atoms with Gasteiger partial charge in [0.1, 0.15) is 5.60 Å². The van der Waals surface area contributed by atoms with Crippen LogP contribution in [0.3, 0.4) is 0 Å². The van der Waals surface area contributed by atoms with Gasteiger partial charge in [0.15, 0.2) is 0 Å². The van der Waals surface area contributed by atoms with Crippen LogP contribution in [-0.4, -0.2) is 40.3 Å². The second-order valence-corrected chi connectivity index (χ2v) is 7.22. The first-order valence-corrected chi connectivity index (χ1v) is 8.75. The van der Waals surface area contributed by atoms with E-state index in [0.717, 1.165) is 45.4 Å². The third kappa shape index (κ3) is 5.90. The third-order valence-corrected chi connectivity index (χ3v) is 3.94. The summed E-state index contributed by atoms with van der Waals surface area (Å²) in [6.07, 6.45) is 5.10. The maximum Gasteiger partial charge on any atom is 0.410 e. The minimum atomic E-state index is -0.423. The van der Waals surface area contributed by atoms with E-state index in [1.807, 2.05) is 25.7 Å². The van der Waals surface area contributed by atoms with Crippen molar-refractivity contribution in [2.24, 2.45) is 0 Å². The molecule has 130 valence electrons. The summed E-state index contributed by atoms with van der Waals surface area (Å²) in [6.45, 7) is 11.4. The zero-order valence-corrected chi connectivity index (χ0v) is 15.0. The molecule has 1 saturated carbocycles. The molecule has 1 fully saturated rings. The molecule has 1 amide bonds. The maximum absolute atomic E-state index is 12.3. The number of amides is 1. The summed E-state index contributed by atoms with van der Waals surface area (Å²) >= 11 is 0. The quantitative estimate of drug-likeness (QED) is 0.747. The number of carbonyl (C=O) groups excluding carboxylic acids is 1. The lowest BCUT2D eigenvalue weighted by molar-refractivity contribution is 0.0232. The first-order chi connectivity index (χ1) is 10.9. The molecule has 0 spiro atoms. The molecular weight excluding hydrogens is 290 g/mol. The predicted octanol–water partition coefficient (Wildman–Crippen LogP) is 3.39. The van der Waals surface area contributed by atoms with Crippen LogP contribution in [0.25, 0.3) is 0 Å². The Morgan fingerprint density at radius 3 is 2.78 bits per heavy atom.